The molecule has 0 heterocycles. The zero-order valence-corrected chi connectivity index (χ0v) is 17.5. The quantitative estimate of drug-likeness (QED) is 0.518. The van der Waals surface area contributed by atoms with Crippen molar-refractivity contribution in [3.63, 3.8) is 0 Å². The molecule has 0 atom stereocenters. The van der Waals surface area contributed by atoms with Gasteiger partial charge in [-0.05, 0) is 30.5 Å². The number of nitrogens with zero attached hydrogens (tertiary/aromatic N) is 2. The summed E-state index contributed by atoms with van der Waals surface area (Å²) >= 11 is 0. The third-order valence-electron chi connectivity index (χ3n) is 4.75. The van der Waals surface area contributed by atoms with Gasteiger partial charge in [0.1, 0.15) is 0 Å². The molecule has 0 radical (unpaired) electrons. The Labute approximate surface area is 167 Å². The van der Waals surface area contributed by atoms with Crippen LogP contribution in [0.3, 0.4) is 0 Å². The molecule has 0 spiro atoms. The summed E-state index contributed by atoms with van der Waals surface area (Å²) in [5.74, 6) is 2.36. The van der Waals surface area contributed by atoms with Crippen LogP contribution in [0.2, 0.25) is 0 Å². The van der Waals surface area contributed by atoms with Gasteiger partial charge >= 0.3 is 0 Å². The van der Waals surface area contributed by atoms with E-state index >= 15 is 0 Å². The monoisotopic (exact) mass is 392 g/mol. The second-order valence-electron chi connectivity index (χ2n) is 6.97. The minimum atomic E-state index is -0.00583. The molecule has 1 aliphatic carbocycles. The number of rotatable bonds is 8. The Morgan fingerprint density at radius 2 is 1.71 bits per heavy atom. The maximum atomic E-state index is 11.9. The SMILES string of the molecule is COc1cc(CN=C(NCC(=O)N(C)C)NC2CCCC2)cc(OC)c1OC. The fraction of sp³-hybridized carbons (Fsp3) is 0.600. The average Bonchev–Trinajstić information content (AvgIpc) is 3.21. The largest absolute Gasteiger partial charge is 0.493 e. The molecule has 8 heteroatoms. The van der Waals surface area contributed by atoms with E-state index in [2.05, 4.69) is 15.6 Å². The minimum absolute atomic E-state index is 0.00583. The van der Waals surface area contributed by atoms with Gasteiger partial charge in [0, 0.05) is 20.1 Å². The molecule has 1 saturated carbocycles. The second kappa shape index (κ2) is 10.6. The van der Waals surface area contributed by atoms with E-state index in [1.165, 1.54) is 12.8 Å². The molecular formula is C20H32N4O4. The molecule has 1 aromatic carbocycles. The minimum Gasteiger partial charge on any atom is -0.493 e. The van der Waals surface area contributed by atoms with Gasteiger partial charge < -0.3 is 29.7 Å². The topological polar surface area (TPSA) is 84.4 Å². The Morgan fingerprint density at radius 3 is 2.21 bits per heavy atom. The lowest BCUT2D eigenvalue weighted by molar-refractivity contribution is -0.127. The predicted octanol–water partition coefficient (Wildman–Crippen LogP) is 1.78. The molecule has 1 aliphatic rings. The van der Waals surface area contributed by atoms with Crippen LogP contribution in [0.5, 0.6) is 17.2 Å². The number of nitrogens with one attached hydrogen (secondary N) is 2. The highest BCUT2D eigenvalue weighted by Gasteiger charge is 2.17. The lowest BCUT2D eigenvalue weighted by atomic mass is 10.2. The highest BCUT2D eigenvalue weighted by molar-refractivity contribution is 5.86. The predicted molar refractivity (Wildman–Crippen MR) is 109 cm³/mol. The van der Waals surface area contributed by atoms with Crippen molar-refractivity contribution in [1.29, 1.82) is 0 Å². The molecule has 1 amide bonds. The Morgan fingerprint density at radius 1 is 1.11 bits per heavy atom. The summed E-state index contributed by atoms with van der Waals surface area (Å²) in [6.07, 6.45) is 4.67. The molecule has 0 bridgehead atoms. The Bertz CT molecular complexity index is 660. The Balaban J connectivity index is 2.16. The zero-order valence-electron chi connectivity index (χ0n) is 17.5. The number of guanidine groups is 1. The van der Waals surface area contributed by atoms with Crippen molar-refractivity contribution < 1.29 is 19.0 Å². The number of methoxy groups -OCH3 is 3. The second-order valence-corrected chi connectivity index (χ2v) is 6.97. The van der Waals surface area contributed by atoms with Gasteiger partial charge in [0.2, 0.25) is 11.7 Å². The lowest BCUT2D eigenvalue weighted by Gasteiger charge is -2.19. The zero-order chi connectivity index (χ0) is 20.5. The van der Waals surface area contributed by atoms with Gasteiger partial charge in [-0.3, -0.25) is 4.79 Å². The summed E-state index contributed by atoms with van der Waals surface area (Å²) in [7, 11) is 8.23. The standard InChI is InChI=1S/C20H32N4O4/c1-24(2)18(25)13-22-20(23-15-8-6-7-9-15)21-12-14-10-16(26-3)19(28-5)17(11-14)27-4/h10-11,15H,6-9,12-13H2,1-5H3,(H2,21,22,23). The van der Waals surface area contributed by atoms with E-state index in [1.807, 2.05) is 12.1 Å². The number of ether oxygens (including phenoxy) is 3. The average molecular weight is 393 g/mol. The molecular weight excluding hydrogens is 360 g/mol. The van der Waals surface area contributed by atoms with Crippen molar-refractivity contribution >= 4 is 11.9 Å². The number of hydrogen-bond acceptors (Lipinski definition) is 5. The number of likely N-dealkylation sites (N-methyl/N-ethyl adjacent to an activating group) is 1. The first-order valence-electron chi connectivity index (χ1n) is 9.52. The van der Waals surface area contributed by atoms with Crippen molar-refractivity contribution in [2.75, 3.05) is 42.0 Å². The number of carbonyl (C=O) groups is 1. The number of hydrogen-bond donors (Lipinski definition) is 2. The maximum Gasteiger partial charge on any atom is 0.241 e. The third-order valence-corrected chi connectivity index (χ3v) is 4.75. The van der Waals surface area contributed by atoms with Crippen LogP contribution >= 0.6 is 0 Å². The maximum absolute atomic E-state index is 11.9. The van der Waals surface area contributed by atoms with Crippen molar-refractivity contribution in [3.05, 3.63) is 17.7 Å². The molecule has 1 fully saturated rings. The highest BCUT2D eigenvalue weighted by Crippen LogP contribution is 2.38. The molecule has 0 aromatic heterocycles. The summed E-state index contributed by atoms with van der Waals surface area (Å²) in [5.41, 5.74) is 0.918. The van der Waals surface area contributed by atoms with E-state index in [4.69, 9.17) is 14.2 Å². The summed E-state index contributed by atoms with van der Waals surface area (Å²) in [6.45, 7) is 0.607. The van der Waals surface area contributed by atoms with Crippen LogP contribution in [-0.2, 0) is 11.3 Å². The van der Waals surface area contributed by atoms with Gasteiger partial charge in [0.15, 0.2) is 17.5 Å². The van der Waals surface area contributed by atoms with E-state index in [0.29, 0.717) is 35.8 Å². The van der Waals surface area contributed by atoms with Gasteiger partial charge in [-0.25, -0.2) is 4.99 Å². The van der Waals surface area contributed by atoms with Crippen LogP contribution in [0.25, 0.3) is 0 Å². The molecule has 2 rings (SSSR count). The Kier molecular flexibility index (Phi) is 8.22. The summed E-state index contributed by atoms with van der Waals surface area (Å²) in [6, 6.07) is 4.15. The van der Waals surface area contributed by atoms with Crippen LogP contribution in [0.1, 0.15) is 31.2 Å². The van der Waals surface area contributed by atoms with Crippen LogP contribution in [-0.4, -0.2) is 64.8 Å². The number of aliphatic imine (C=N–C) groups is 1. The highest BCUT2D eigenvalue weighted by atomic mass is 16.5. The third kappa shape index (κ3) is 5.94. The first-order chi connectivity index (χ1) is 13.5. The summed E-state index contributed by atoms with van der Waals surface area (Å²) < 4.78 is 16.2. The fourth-order valence-electron chi connectivity index (χ4n) is 3.13. The molecule has 28 heavy (non-hydrogen) atoms. The number of benzene rings is 1. The fourth-order valence-corrected chi connectivity index (χ4v) is 3.13. The van der Waals surface area contributed by atoms with Gasteiger partial charge in [-0.1, -0.05) is 12.8 Å². The first-order valence-corrected chi connectivity index (χ1v) is 9.52. The van der Waals surface area contributed by atoms with Gasteiger partial charge in [0.05, 0.1) is 34.4 Å². The van der Waals surface area contributed by atoms with Crippen molar-refractivity contribution in [2.24, 2.45) is 4.99 Å². The van der Waals surface area contributed by atoms with Crippen molar-refractivity contribution in [3.8, 4) is 17.2 Å². The van der Waals surface area contributed by atoms with Crippen molar-refractivity contribution in [1.82, 2.24) is 15.5 Å². The summed E-state index contributed by atoms with van der Waals surface area (Å²) in [5, 5.41) is 6.58. The molecule has 0 unspecified atom stereocenters. The Hall–Kier alpha value is -2.64. The van der Waals surface area contributed by atoms with E-state index < -0.39 is 0 Å². The molecule has 1 aromatic rings. The van der Waals surface area contributed by atoms with Gasteiger partial charge in [0.25, 0.3) is 0 Å². The summed E-state index contributed by atoms with van der Waals surface area (Å²) in [4.78, 5) is 18.2. The molecule has 156 valence electrons. The molecule has 8 nitrogen and oxygen atoms in total. The van der Waals surface area contributed by atoms with E-state index in [0.717, 1.165) is 18.4 Å². The number of amides is 1. The van der Waals surface area contributed by atoms with Gasteiger partial charge in [-0.2, -0.15) is 0 Å². The normalized spacial score (nSPS) is 14.5. The van der Waals surface area contributed by atoms with E-state index in [-0.39, 0.29) is 12.5 Å². The molecule has 0 aliphatic heterocycles. The lowest BCUT2D eigenvalue weighted by Crippen LogP contribution is -2.46. The molecule has 0 saturated heterocycles. The van der Waals surface area contributed by atoms with Gasteiger partial charge in [-0.15, -0.1) is 0 Å². The van der Waals surface area contributed by atoms with E-state index in [9.17, 15) is 4.79 Å². The van der Waals surface area contributed by atoms with Crippen LogP contribution in [0.4, 0.5) is 0 Å². The van der Waals surface area contributed by atoms with Crippen molar-refractivity contribution in [2.45, 2.75) is 38.3 Å². The smallest absolute Gasteiger partial charge is 0.241 e. The van der Waals surface area contributed by atoms with E-state index in [1.54, 1.807) is 40.3 Å². The van der Waals surface area contributed by atoms with Crippen LogP contribution in [0.15, 0.2) is 17.1 Å². The first kappa shape index (κ1) is 21.7. The van der Waals surface area contributed by atoms with Crippen LogP contribution in [0, 0.1) is 0 Å². The number of carbonyl (C=O) groups excluding carboxylic acids is 1. The van der Waals surface area contributed by atoms with Crippen LogP contribution < -0.4 is 24.8 Å². The molecule has 2 N–H and O–H groups in total.